The van der Waals surface area contributed by atoms with Gasteiger partial charge in [-0.2, -0.15) is 0 Å². The topological polar surface area (TPSA) is 75.7 Å². The highest BCUT2D eigenvalue weighted by atomic mass is 16.5. The molecule has 0 radical (unpaired) electrons. The van der Waals surface area contributed by atoms with E-state index in [1.165, 1.54) is 6.92 Å². The van der Waals surface area contributed by atoms with E-state index < -0.39 is 5.97 Å². The van der Waals surface area contributed by atoms with Crippen molar-refractivity contribution in [2.75, 3.05) is 19.6 Å². The molecule has 28 heavy (non-hydrogen) atoms. The Morgan fingerprint density at radius 3 is 2.50 bits per heavy atom. The van der Waals surface area contributed by atoms with E-state index in [4.69, 9.17) is 4.74 Å². The van der Waals surface area contributed by atoms with Crippen LogP contribution < -0.4 is 10.1 Å². The van der Waals surface area contributed by atoms with E-state index in [2.05, 4.69) is 19.2 Å². The molecule has 1 heterocycles. The standard InChI is InChI=1S/C22H30N2O4/c1-15(2)16(3)12-21(26)23-14-18-8-10-24(11-9-18)22(27)19-6-5-7-20(13-19)28-17(4)25/h5-7,12-13,15,18H,8-11,14H2,1-4H3,(H,23,26)/b16-12+. The lowest BCUT2D eigenvalue weighted by Crippen LogP contribution is -2.41. The molecule has 1 aliphatic heterocycles. The number of piperidine rings is 1. The van der Waals surface area contributed by atoms with Gasteiger partial charge < -0.3 is 15.0 Å². The van der Waals surface area contributed by atoms with Crippen LogP contribution in [0.1, 0.15) is 50.9 Å². The third kappa shape index (κ3) is 6.51. The first-order valence-electron chi connectivity index (χ1n) is 9.80. The Morgan fingerprint density at radius 1 is 1.21 bits per heavy atom. The molecule has 0 bridgehead atoms. The van der Waals surface area contributed by atoms with Crippen molar-refractivity contribution in [2.45, 2.75) is 40.5 Å². The van der Waals surface area contributed by atoms with Crippen molar-refractivity contribution < 1.29 is 19.1 Å². The number of carbonyl (C=O) groups is 3. The maximum Gasteiger partial charge on any atom is 0.308 e. The van der Waals surface area contributed by atoms with Gasteiger partial charge in [-0.3, -0.25) is 14.4 Å². The molecule has 1 N–H and O–H groups in total. The number of rotatable bonds is 6. The zero-order chi connectivity index (χ0) is 20.7. The maximum atomic E-state index is 12.7. The third-order valence-electron chi connectivity index (χ3n) is 5.08. The van der Waals surface area contributed by atoms with Crippen LogP contribution in [0.5, 0.6) is 5.75 Å². The predicted octanol–water partition coefficient (Wildman–Crippen LogP) is 3.18. The Labute approximate surface area is 166 Å². The number of esters is 1. The van der Waals surface area contributed by atoms with Gasteiger partial charge in [0, 0.05) is 38.2 Å². The number of nitrogens with zero attached hydrogens (tertiary/aromatic N) is 1. The molecule has 0 spiro atoms. The summed E-state index contributed by atoms with van der Waals surface area (Å²) in [5.41, 5.74) is 1.58. The quantitative estimate of drug-likeness (QED) is 0.463. The van der Waals surface area contributed by atoms with Crippen LogP contribution in [0.2, 0.25) is 0 Å². The molecule has 6 nitrogen and oxygen atoms in total. The minimum Gasteiger partial charge on any atom is -0.427 e. The zero-order valence-electron chi connectivity index (χ0n) is 17.2. The summed E-state index contributed by atoms with van der Waals surface area (Å²) in [4.78, 5) is 37.6. The Kier molecular flexibility index (Phi) is 7.79. The Bertz CT molecular complexity index is 747. The number of carbonyl (C=O) groups excluding carboxylic acids is 3. The molecule has 2 amide bonds. The molecule has 0 atom stereocenters. The normalized spacial score (nSPS) is 15.5. The van der Waals surface area contributed by atoms with Crippen LogP contribution in [0.15, 0.2) is 35.9 Å². The molecule has 1 fully saturated rings. The summed E-state index contributed by atoms with van der Waals surface area (Å²) in [5.74, 6) is 0.582. The summed E-state index contributed by atoms with van der Waals surface area (Å²) in [6.07, 6.45) is 3.37. The summed E-state index contributed by atoms with van der Waals surface area (Å²) in [7, 11) is 0. The molecule has 0 saturated carbocycles. The smallest absolute Gasteiger partial charge is 0.308 e. The first kappa shape index (κ1) is 21.7. The lowest BCUT2D eigenvalue weighted by Gasteiger charge is -2.32. The lowest BCUT2D eigenvalue weighted by atomic mass is 9.96. The molecular weight excluding hydrogens is 356 g/mol. The molecule has 1 aromatic carbocycles. The summed E-state index contributed by atoms with van der Waals surface area (Å²) in [6.45, 7) is 9.35. The second-order valence-electron chi connectivity index (χ2n) is 7.65. The van der Waals surface area contributed by atoms with E-state index in [1.54, 1.807) is 30.3 Å². The van der Waals surface area contributed by atoms with Crippen molar-refractivity contribution in [3.8, 4) is 5.75 Å². The van der Waals surface area contributed by atoms with Crippen LogP contribution in [0, 0.1) is 11.8 Å². The number of likely N-dealkylation sites (tertiary alicyclic amines) is 1. The van der Waals surface area contributed by atoms with Crippen LogP contribution in [0.3, 0.4) is 0 Å². The second kappa shape index (κ2) is 10.1. The van der Waals surface area contributed by atoms with Gasteiger partial charge in [0.1, 0.15) is 5.75 Å². The van der Waals surface area contributed by atoms with Gasteiger partial charge >= 0.3 is 5.97 Å². The van der Waals surface area contributed by atoms with E-state index >= 15 is 0 Å². The van der Waals surface area contributed by atoms with Crippen LogP contribution >= 0.6 is 0 Å². The predicted molar refractivity (Wildman–Crippen MR) is 108 cm³/mol. The fourth-order valence-electron chi connectivity index (χ4n) is 3.05. The van der Waals surface area contributed by atoms with Crippen molar-refractivity contribution in [3.05, 3.63) is 41.5 Å². The highest BCUT2D eigenvalue weighted by Crippen LogP contribution is 2.21. The molecule has 1 aliphatic rings. The number of amides is 2. The van der Waals surface area contributed by atoms with E-state index in [-0.39, 0.29) is 11.8 Å². The molecule has 1 saturated heterocycles. The van der Waals surface area contributed by atoms with Gasteiger partial charge in [0.15, 0.2) is 0 Å². The molecule has 152 valence electrons. The van der Waals surface area contributed by atoms with E-state index in [1.807, 2.05) is 11.8 Å². The minimum atomic E-state index is -0.411. The number of nitrogens with one attached hydrogen (secondary N) is 1. The lowest BCUT2D eigenvalue weighted by molar-refractivity contribution is -0.131. The Balaban J connectivity index is 1.83. The number of hydrogen-bond donors (Lipinski definition) is 1. The van der Waals surface area contributed by atoms with Crippen molar-refractivity contribution in [1.29, 1.82) is 0 Å². The highest BCUT2D eigenvalue weighted by Gasteiger charge is 2.24. The number of ether oxygens (including phenoxy) is 1. The summed E-state index contributed by atoms with van der Waals surface area (Å²) in [5, 5.41) is 2.97. The summed E-state index contributed by atoms with van der Waals surface area (Å²) in [6, 6.07) is 6.69. The van der Waals surface area contributed by atoms with Crippen molar-refractivity contribution in [2.24, 2.45) is 11.8 Å². The monoisotopic (exact) mass is 386 g/mol. The summed E-state index contributed by atoms with van der Waals surface area (Å²) >= 11 is 0. The van der Waals surface area contributed by atoms with E-state index in [9.17, 15) is 14.4 Å². The number of hydrogen-bond acceptors (Lipinski definition) is 4. The van der Waals surface area contributed by atoms with Gasteiger partial charge in [0.05, 0.1) is 0 Å². The van der Waals surface area contributed by atoms with Crippen LogP contribution in [-0.2, 0) is 9.59 Å². The van der Waals surface area contributed by atoms with E-state index in [0.29, 0.717) is 42.8 Å². The average molecular weight is 386 g/mol. The SMILES string of the molecule is CC(=O)Oc1cccc(C(=O)N2CCC(CNC(=O)/C=C(\C)C(C)C)CC2)c1. The summed E-state index contributed by atoms with van der Waals surface area (Å²) < 4.78 is 5.05. The fraction of sp³-hybridized carbons (Fsp3) is 0.500. The Morgan fingerprint density at radius 2 is 1.89 bits per heavy atom. The van der Waals surface area contributed by atoms with Crippen molar-refractivity contribution in [3.63, 3.8) is 0 Å². The maximum absolute atomic E-state index is 12.7. The zero-order valence-corrected chi connectivity index (χ0v) is 17.2. The van der Waals surface area contributed by atoms with Gasteiger partial charge in [-0.25, -0.2) is 0 Å². The molecule has 0 aliphatic carbocycles. The van der Waals surface area contributed by atoms with Crippen LogP contribution in [0.4, 0.5) is 0 Å². The largest absolute Gasteiger partial charge is 0.427 e. The molecular formula is C22H30N2O4. The van der Waals surface area contributed by atoms with Crippen LogP contribution in [-0.4, -0.2) is 42.3 Å². The first-order valence-corrected chi connectivity index (χ1v) is 9.80. The Hall–Kier alpha value is -2.63. The van der Waals surface area contributed by atoms with Gasteiger partial charge in [-0.15, -0.1) is 0 Å². The average Bonchev–Trinajstić information content (AvgIpc) is 2.65. The van der Waals surface area contributed by atoms with Gasteiger partial charge in [-0.1, -0.05) is 25.5 Å². The van der Waals surface area contributed by atoms with Gasteiger partial charge in [0.2, 0.25) is 5.91 Å². The van der Waals surface area contributed by atoms with Crippen molar-refractivity contribution >= 4 is 17.8 Å². The number of allylic oxidation sites excluding steroid dienone is 1. The van der Waals surface area contributed by atoms with E-state index in [0.717, 1.165) is 18.4 Å². The first-order chi connectivity index (χ1) is 13.3. The molecule has 0 aromatic heterocycles. The third-order valence-corrected chi connectivity index (χ3v) is 5.08. The van der Waals surface area contributed by atoms with Crippen molar-refractivity contribution in [1.82, 2.24) is 10.2 Å². The molecule has 6 heteroatoms. The molecule has 1 aromatic rings. The molecule has 2 rings (SSSR count). The van der Waals surface area contributed by atoms with Crippen LogP contribution in [0.25, 0.3) is 0 Å². The van der Waals surface area contributed by atoms with Gasteiger partial charge in [-0.05, 0) is 49.8 Å². The fourth-order valence-corrected chi connectivity index (χ4v) is 3.05. The second-order valence-corrected chi connectivity index (χ2v) is 7.65. The molecule has 0 unspecified atom stereocenters. The van der Waals surface area contributed by atoms with Gasteiger partial charge in [0.25, 0.3) is 5.91 Å². The number of benzene rings is 1. The highest BCUT2D eigenvalue weighted by molar-refractivity contribution is 5.94. The minimum absolute atomic E-state index is 0.0491.